The molecule has 6 nitrogen and oxygen atoms in total. The van der Waals surface area contributed by atoms with Crippen molar-refractivity contribution in [2.75, 3.05) is 0 Å². The molecule has 1 amide bonds. The Morgan fingerprint density at radius 3 is 2.83 bits per heavy atom. The molecule has 0 aliphatic rings. The zero-order chi connectivity index (χ0) is 8.97. The number of amides is 1. The van der Waals surface area contributed by atoms with Gasteiger partial charge in [0.15, 0.2) is 0 Å². The number of azide groups is 1. The third kappa shape index (κ3) is 1.71. The summed E-state index contributed by atoms with van der Waals surface area (Å²) in [5.74, 6) is -0.609. The second kappa shape index (κ2) is 3.36. The number of aromatic nitrogens is 1. The molecule has 0 atom stereocenters. The van der Waals surface area contributed by atoms with Gasteiger partial charge in [-0.3, -0.25) is 9.78 Å². The van der Waals surface area contributed by atoms with Crippen LogP contribution in [-0.2, 0) is 0 Å². The van der Waals surface area contributed by atoms with Gasteiger partial charge in [0.05, 0.1) is 5.69 Å². The molecular weight excluding hydrogens is 158 g/mol. The molecule has 6 heteroatoms. The van der Waals surface area contributed by atoms with Crippen molar-refractivity contribution in [2.45, 2.75) is 0 Å². The van der Waals surface area contributed by atoms with Crippen molar-refractivity contribution in [1.82, 2.24) is 4.98 Å². The maximum absolute atomic E-state index is 10.5. The summed E-state index contributed by atoms with van der Waals surface area (Å²) in [5.41, 5.74) is 13.5. The van der Waals surface area contributed by atoms with Gasteiger partial charge in [0.2, 0.25) is 0 Å². The van der Waals surface area contributed by atoms with Crippen LogP contribution in [-0.4, -0.2) is 10.9 Å². The van der Waals surface area contributed by atoms with Crippen molar-refractivity contribution >= 4 is 11.6 Å². The van der Waals surface area contributed by atoms with Gasteiger partial charge in [-0.05, 0) is 17.7 Å². The highest BCUT2D eigenvalue weighted by Gasteiger charge is 1.99. The lowest BCUT2D eigenvalue weighted by Crippen LogP contribution is -2.12. The van der Waals surface area contributed by atoms with Gasteiger partial charge in [-0.15, -0.1) is 0 Å². The van der Waals surface area contributed by atoms with Crippen LogP contribution in [0, 0.1) is 0 Å². The Kier molecular flexibility index (Phi) is 2.25. The smallest absolute Gasteiger partial charge is 0.267 e. The lowest BCUT2D eigenvalue weighted by atomic mass is 10.3. The van der Waals surface area contributed by atoms with Crippen LogP contribution in [0.25, 0.3) is 10.4 Å². The molecule has 60 valence electrons. The first-order chi connectivity index (χ1) is 5.74. The lowest BCUT2D eigenvalue weighted by molar-refractivity contribution is 0.0995. The van der Waals surface area contributed by atoms with E-state index in [9.17, 15) is 4.79 Å². The molecule has 1 heterocycles. The Morgan fingerprint density at radius 2 is 2.42 bits per heavy atom. The number of nitrogens with zero attached hydrogens (tertiary/aromatic N) is 4. The highest BCUT2D eigenvalue weighted by molar-refractivity contribution is 5.90. The summed E-state index contributed by atoms with van der Waals surface area (Å²) in [4.78, 5) is 16.7. The molecule has 1 aromatic heterocycles. The van der Waals surface area contributed by atoms with Gasteiger partial charge < -0.3 is 5.73 Å². The quantitative estimate of drug-likeness (QED) is 0.400. The van der Waals surface area contributed by atoms with E-state index >= 15 is 0 Å². The molecule has 0 fully saturated rings. The average molecular weight is 163 g/mol. The first-order valence-electron chi connectivity index (χ1n) is 3.05. The second-order valence-corrected chi connectivity index (χ2v) is 1.96. The normalized spacial score (nSPS) is 8.67. The van der Waals surface area contributed by atoms with Crippen molar-refractivity contribution in [3.05, 3.63) is 34.5 Å². The van der Waals surface area contributed by atoms with Gasteiger partial charge in [0.25, 0.3) is 5.91 Å². The van der Waals surface area contributed by atoms with E-state index in [-0.39, 0.29) is 5.69 Å². The topological polar surface area (TPSA) is 105 Å². The molecule has 0 saturated heterocycles. The second-order valence-electron chi connectivity index (χ2n) is 1.96. The third-order valence-corrected chi connectivity index (χ3v) is 1.16. The van der Waals surface area contributed by atoms with Crippen LogP contribution in [0.3, 0.4) is 0 Å². The van der Waals surface area contributed by atoms with E-state index in [1.165, 1.54) is 18.3 Å². The van der Waals surface area contributed by atoms with Crippen LogP contribution in [0.4, 0.5) is 5.69 Å². The minimum atomic E-state index is -0.609. The maximum atomic E-state index is 10.5. The molecule has 0 radical (unpaired) electrons. The van der Waals surface area contributed by atoms with Gasteiger partial charge in [0.1, 0.15) is 5.69 Å². The molecule has 0 aromatic carbocycles. The minimum absolute atomic E-state index is 0.145. The number of carbonyl (C=O) groups is 1. The van der Waals surface area contributed by atoms with Gasteiger partial charge in [0, 0.05) is 11.1 Å². The average Bonchev–Trinajstić information content (AvgIpc) is 2.06. The van der Waals surface area contributed by atoms with E-state index in [1.807, 2.05) is 0 Å². The van der Waals surface area contributed by atoms with E-state index in [0.29, 0.717) is 5.69 Å². The fraction of sp³-hybridized carbons (Fsp3) is 0. The number of nitrogens with two attached hydrogens (primary N) is 1. The summed E-state index contributed by atoms with van der Waals surface area (Å²) < 4.78 is 0. The summed E-state index contributed by atoms with van der Waals surface area (Å²) in [5, 5.41) is 3.27. The zero-order valence-corrected chi connectivity index (χ0v) is 6.01. The molecule has 12 heavy (non-hydrogen) atoms. The number of rotatable bonds is 2. The Balaban J connectivity index is 3.00. The van der Waals surface area contributed by atoms with Crippen LogP contribution >= 0.6 is 0 Å². The molecule has 0 aliphatic heterocycles. The van der Waals surface area contributed by atoms with E-state index in [2.05, 4.69) is 15.0 Å². The molecule has 2 N–H and O–H groups in total. The Bertz CT molecular complexity index is 316. The van der Waals surface area contributed by atoms with Crippen LogP contribution < -0.4 is 5.73 Å². The van der Waals surface area contributed by atoms with Gasteiger partial charge in [-0.2, -0.15) is 0 Å². The highest BCUT2D eigenvalue weighted by Crippen LogP contribution is 2.09. The number of pyridine rings is 1. The largest absolute Gasteiger partial charge is 0.364 e. The monoisotopic (exact) mass is 163 g/mol. The molecule has 0 aliphatic carbocycles. The van der Waals surface area contributed by atoms with E-state index < -0.39 is 5.91 Å². The molecular formula is C6H5N5O. The Morgan fingerprint density at radius 1 is 1.67 bits per heavy atom. The molecule has 1 rings (SSSR count). The van der Waals surface area contributed by atoms with Crippen molar-refractivity contribution in [2.24, 2.45) is 10.8 Å². The summed E-state index contributed by atoms with van der Waals surface area (Å²) in [6.07, 6.45) is 1.28. The van der Waals surface area contributed by atoms with E-state index in [0.717, 1.165) is 0 Å². The van der Waals surface area contributed by atoms with Crippen LogP contribution in [0.2, 0.25) is 0 Å². The zero-order valence-electron chi connectivity index (χ0n) is 6.01. The van der Waals surface area contributed by atoms with E-state index in [1.54, 1.807) is 0 Å². The molecule has 0 unspecified atom stereocenters. The van der Waals surface area contributed by atoms with Gasteiger partial charge in [-0.25, -0.2) is 0 Å². The predicted molar refractivity (Wildman–Crippen MR) is 41.6 cm³/mol. The third-order valence-electron chi connectivity index (χ3n) is 1.16. The molecule has 0 spiro atoms. The number of hydrogen-bond donors (Lipinski definition) is 1. The van der Waals surface area contributed by atoms with Crippen molar-refractivity contribution in [3.8, 4) is 0 Å². The first kappa shape index (κ1) is 8.03. The fourth-order valence-electron chi connectivity index (χ4n) is 0.643. The summed E-state index contributed by atoms with van der Waals surface area (Å²) in [6.45, 7) is 0. The number of primary amides is 1. The molecule has 1 aromatic rings. The minimum Gasteiger partial charge on any atom is -0.364 e. The first-order valence-corrected chi connectivity index (χ1v) is 3.05. The SMILES string of the molecule is [N-]=[N+]=Nc1ccc(C(N)=O)nc1. The van der Waals surface area contributed by atoms with E-state index in [4.69, 9.17) is 11.3 Å². The Hall–Kier alpha value is -2.07. The Labute approximate surface area is 67.7 Å². The number of hydrogen-bond acceptors (Lipinski definition) is 3. The molecule has 0 saturated carbocycles. The van der Waals surface area contributed by atoms with Crippen LogP contribution in [0.1, 0.15) is 10.5 Å². The standard InChI is InChI=1S/C6H5N5O/c7-6(12)5-2-1-4(3-9-5)10-11-8/h1-3H,(H2,7,12). The lowest BCUT2D eigenvalue weighted by Gasteiger charge is -1.93. The summed E-state index contributed by atoms with van der Waals surface area (Å²) >= 11 is 0. The van der Waals surface area contributed by atoms with Crippen molar-refractivity contribution in [1.29, 1.82) is 0 Å². The van der Waals surface area contributed by atoms with Crippen LogP contribution in [0.15, 0.2) is 23.4 Å². The maximum Gasteiger partial charge on any atom is 0.267 e. The van der Waals surface area contributed by atoms with Gasteiger partial charge in [-0.1, -0.05) is 5.11 Å². The van der Waals surface area contributed by atoms with Crippen molar-refractivity contribution in [3.63, 3.8) is 0 Å². The molecule has 0 bridgehead atoms. The summed E-state index contributed by atoms with van der Waals surface area (Å²) in [7, 11) is 0. The van der Waals surface area contributed by atoms with Crippen LogP contribution in [0.5, 0.6) is 0 Å². The fourth-order valence-corrected chi connectivity index (χ4v) is 0.643. The number of carbonyl (C=O) groups excluding carboxylic acids is 1. The predicted octanol–water partition coefficient (Wildman–Crippen LogP) is 1.12. The van der Waals surface area contributed by atoms with Crippen molar-refractivity contribution < 1.29 is 4.79 Å². The summed E-state index contributed by atoms with van der Waals surface area (Å²) in [6, 6.07) is 2.86. The highest BCUT2D eigenvalue weighted by atomic mass is 16.1. The van der Waals surface area contributed by atoms with Gasteiger partial charge >= 0.3 is 0 Å².